The van der Waals surface area contributed by atoms with Gasteiger partial charge in [0.15, 0.2) is 0 Å². The van der Waals surface area contributed by atoms with E-state index in [-0.39, 0.29) is 12.1 Å². The molecule has 1 unspecified atom stereocenters. The molecule has 1 amide bonds. The molecule has 0 aromatic heterocycles. The van der Waals surface area contributed by atoms with E-state index in [4.69, 9.17) is 4.74 Å². The number of amides is 1. The van der Waals surface area contributed by atoms with Gasteiger partial charge in [-0.05, 0) is 25.8 Å². The minimum atomic E-state index is -0.271. The number of piperidine rings is 1. The molecule has 1 aliphatic rings. The Kier molecular flexibility index (Phi) is 5.37. The highest BCUT2D eigenvalue weighted by molar-refractivity contribution is 5.67. The first-order chi connectivity index (χ1) is 6.83. The molecule has 0 radical (unpaired) electrons. The molecule has 1 aliphatic heterocycles. The third kappa shape index (κ3) is 4.46. The van der Waals surface area contributed by atoms with Crippen molar-refractivity contribution in [3.8, 4) is 0 Å². The maximum absolute atomic E-state index is 11.2. The van der Waals surface area contributed by atoms with E-state index in [1.165, 1.54) is 0 Å². The summed E-state index contributed by atoms with van der Waals surface area (Å²) in [6.07, 6.45) is 3.90. The van der Waals surface area contributed by atoms with Crippen LogP contribution in [0, 0.1) is 0 Å². The predicted octanol–water partition coefficient (Wildman–Crippen LogP) is 1.26. The molecule has 0 aromatic rings. The van der Waals surface area contributed by atoms with Crippen LogP contribution in [-0.4, -0.2) is 31.8 Å². The van der Waals surface area contributed by atoms with Crippen molar-refractivity contribution < 1.29 is 9.53 Å². The van der Waals surface area contributed by atoms with E-state index >= 15 is 0 Å². The second-order valence-electron chi connectivity index (χ2n) is 3.68. The monoisotopic (exact) mass is 200 g/mol. The van der Waals surface area contributed by atoms with Crippen LogP contribution in [0.3, 0.4) is 0 Å². The summed E-state index contributed by atoms with van der Waals surface area (Å²) >= 11 is 0. The summed E-state index contributed by atoms with van der Waals surface area (Å²) < 4.78 is 5.01. The number of ether oxygens (including phenoxy) is 1. The molecule has 4 heteroatoms. The molecule has 1 heterocycles. The molecule has 1 fully saturated rings. The average molecular weight is 200 g/mol. The lowest BCUT2D eigenvalue weighted by Crippen LogP contribution is -2.45. The van der Waals surface area contributed by atoms with Gasteiger partial charge in [0.1, 0.15) is 0 Å². The van der Waals surface area contributed by atoms with Crippen LogP contribution in [0.15, 0.2) is 0 Å². The quantitative estimate of drug-likeness (QED) is 0.672. The van der Waals surface area contributed by atoms with Crippen LogP contribution in [0.5, 0.6) is 0 Å². The Morgan fingerprint density at radius 3 is 3.14 bits per heavy atom. The van der Waals surface area contributed by atoms with Crippen molar-refractivity contribution in [2.45, 2.75) is 38.6 Å². The molecule has 4 nitrogen and oxygen atoms in total. The van der Waals surface area contributed by atoms with Crippen molar-refractivity contribution in [3.05, 3.63) is 0 Å². The number of rotatable bonds is 4. The molecule has 14 heavy (non-hydrogen) atoms. The highest BCUT2D eigenvalue weighted by Crippen LogP contribution is 2.01. The number of nitrogens with one attached hydrogen (secondary N) is 2. The summed E-state index contributed by atoms with van der Waals surface area (Å²) in [5.74, 6) is 0. The first kappa shape index (κ1) is 11.3. The van der Waals surface area contributed by atoms with Crippen molar-refractivity contribution >= 4 is 6.09 Å². The lowest BCUT2D eigenvalue weighted by atomic mass is 10.1. The fraction of sp³-hybridized carbons (Fsp3) is 0.900. The third-order valence-corrected chi connectivity index (χ3v) is 2.35. The molecule has 0 aromatic carbocycles. The zero-order valence-electron chi connectivity index (χ0n) is 8.84. The van der Waals surface area contributed by atoms with Gasteiger partial charge in [-0.3, -0.25) is 0 Å². The van der Waals surface area contributed by atoms with Crippen molar-refractivity contribution in [1.82, 2.24) is 10.6 Å². The first-order valence-electron chi connectivity index (χ1n) is 5.47. The van der Waals surface area contributed by atoms with Crippen LogP contribution in [0.2, 0.25) is 0 Å². The van der Waals surface area contributed by atoms with Gasteiger partial charge in [0.2, 0.25) is 0 Å². The smallest absolute Gasteiger partial charge is 0.407 e. The van der Waals surface area contributed by atoms with E-state index in [9.17, 15) is 4.79 Å². The Morgan fingerprint density at radius 2 is 2.50 bits per heavy atom. The van der Waals surface area contributed by atoms with Crippen LogP contribution in [0.25, 0.3) is 0 Å². The molecule has 0 aliphatic carbocycles. The fourth-order valence-corrected chi connectivity index (χ4v) is 1.49. The number of carbonyl (C=O) groups excluding carboxylic acids is 1. The minimum absolute atomic E-state index is 0.248. The molecule has 1 saturated heterocycles. The van der Waals surface area contributed by atoms with Crippen LogP contribution >= 0.6 is 0 Å². The van der Waals surface area contributed by atoms with Crippen molar-refractivity contribution in [1.29, 1.82) is 0 Å². The van der Waals surface area contributed by atoms with Gasteiger partial charge >= 0.3 is 6.09 Å². The van der Waals surface area contributed by atoms with Gasteiger partial charge in [-0.25, -0.2) is 4.79 Å². The van der Waals surface area contributed by atoms with Gasteiger partial charge in [-0.2, -0.15) is 0 Å². The molecule has 0 saturated carbocycles. The van der Waals surface area contributed by atoms with Gasteiger partial charge < -0.3 is 15.4 Å². The van der Waals surface area contributed by atoms with E-state index in [1.807, 2.05) is 0 Å². The highest BCUT2D eigenvalue weighted by atomic mass is 16.5. The lowest BCUT2D eigenvalue weighted by molar-refractivity contribution is 0.138. The summed E-state index contributed by atoms with van der Waals surface area (Å²) in [7, 11) is 0. The van der Waals surface area contributed by atoms with Crippen LogP contribution in [-0.2, 0) is 4.74 Å². The van der Waals surface area contributed by atoms with E-state index in [0.717, 1.165) is 38.8 Å². The van der Waals surface area contributed by atoms with Crippen LogP contribution < -0.4 is 10.6 Å². The third-order valence-electron chi connectivity index (χ3n) is 2.35. The summed E-state index contributed by atoms with van der Waals surface area (Å²) in [5.41, 5.74) is 0. The summed E-state index contributed by atoms with van der Waals surface area (Å²) in [5, 5.41) is 6.09. The van der Waals surface area contributed by atoms with Gasteiger partial charge in [0.05, 0.1) is 6.61 Å². The molecule has 2 N–H and O–H groups in total. The number of hydrogen-bond acceptors (Lipinski definition) is 3. The van der Waals surface area contributed by atoms with E-state index in [2.05, 4.69) is 17.6 Å². The first-order valence-corrected chi connectivity index (χ1v) is 5.47. The van der Waals surface area contributed by atoms with Crippen molar-refractivity contribution in [2.24, 2.45) is 0 Å². The molecule has 1 rings (SSSR count). The number of hydrogen-bond donors (Lipinski definition) is 2. The van der Waals surface area contributed by atoms with Crippen molar-refractivity contribution in [2.75, 3.05) is 19.7 Å². The second-order valence-corrected chi connectivity index (χ2v) is 3.68. The zero-order valence-corrected chi connectivity index (χ0v) is 8.84. The average Bonchev–Trinajstić information content (AvgIpc) is 2.20. The van der Waals surface area contributed by atoms with Gasteiger partial charge in [0, 0.05) is 12.6 Å². The Hall–Kier alpha value is -0.770. The molecular formula is C10H20N2O2. The Balaban J connectivity index is 2.06. The summed E-state index contributed by atoms with van der Waals surface area (Å²) in [6.45, 7) is 4.53. The number of alkyl carbamates (subject to hydrolysis) is 1. The van der Waals surface area contributed by atoms with Crippen LogP contribution in [0.1, 0.15) is 32.6 Å². The normalized spacial score (nSPS) is 21.6. The highest BCUT2D eigenvalue weighted by Gasteiger charge is 2.15. The molecular weight excluding hydrogens is 180 g/mol. The summed E-state index contributed by atoms with van der Waals surface area (Å²) in [4.78, 5) is 11.2. The minimum Gasteiger partial charge on any atom is -0.450 e. The van der Waals surface area contributed by atoms with Gasteiger partial charge in [-0.15, -0.1) is 0 Å². The largest absolute Gasteiger partial charge is 0.450 e. The number of carbonyl (C=O) groups is 1. The molecule has 0 bridgehead atoms. The Morgan fingerprint density at radius 1 is 1.64 bits per heavy atom. The van der Waals surface area contributed by atoms with E-state index in [0.29, 0.717) is 6.61 Å². The standard InChI is InChI=1S/C10H20N2O2/c1-2-3-7-14-10(13)12-9-5-4-6-11-8-9/h9,11H,2-8H2,1H3,(H,12,13). The maximum Gasteiger partial charge on any atom is 0.407 e. The Labute approximate surface area is 85.4 Å². The lowest BCUT2D eigenvalue weighted by Gasteiger charge is -2.23. The predicted molar refractivity (Wildman–Crippen MR) is 55.3 cm³/mol. The van der Waals surface area contributed by atoms with E-state index < -0.39 is 0 Å². The van der Waals surface area contributed by atoms with Gasteiger partial charge in [0.25, 0.3) is 0 Å². The maximum atomic E-state index is 11.2. The second kappa shape index (κ2) is 6.65. The summed E-state index contributed by atoms with van der Waals surface area (Å²) in [6, 6.07) is 0.248. The fourth-order valence-electron chi connectivity index (χ4n) is 1.49. The van der Waals surface area contributed by atoms with Gasteiger partial charge in [-0.1, -0.05) is 13.3 Å². The molecule has 1 atom stereocenters. The van der Waals surface area contributed by atoms with Crippen LogP contribution in [0.4, 0.5) is 4.79 Å². The van der Waals surface area contributed by atoms with E-state index in [1.54, 1.807) is 0 Å². The zero-order chi connectivity index (χ0) is 10.2. The topological polar surface area (TPSA) is 50.4 Å². The van der Waals surface area contributed by atoms with Crippen molar-refractivity contribution in [3.63, 3.8) is 0 Å². The molecule has 0 spiro atoms. The molecule has 82 valence electrons. The Bertz CT molecular complexity index is 168. The SMILES string of the molecule is CCCCOC(=O)NC1CCCNC1. The number of unbranched alkanes of at least 4 members (excludes halogenated alkanes) is 1.